The normalized spacial score (nSPS) is 9.44. The number of amides is 1. The molecule has 0 aromatic heterocycles. The molecule has 0 aliphatic heterocycles. The number of nitrogens with zero attached hydrogens (tertiary/aromatic N) is 1. The summed E-state index contributed by atoms with van der Waals surface area (Å²) in [5.41, 5.74) is 0.195. The third kappa shape index (κ3) is 3.82. The molecule has 0 saturated heterocycles. The third-order valence-electron chi connectivity index (χ3n) is 1.81. The Balaban J connectivity index is 2.77. The fourth-order valence-electron chi connectivity index (χ4n) is 1.02. The number of methoxy groups -OCH3 is 1. The number of carbonyl (C=O) groups is 1. The van der Waals surface area contributed by atoms with E-state index in [0.717, 1.165) is 0 Å². The van der Waals surface area contributed by atoms with E-state index in [-0.39, 0.29) is 15.8 Å². The van der Waals surface area contributed by atoms with Crippen LogP contribution in [0.5, 0.6) is 0 Å². The molecule has 0 bridgehead atoms. The van der Waals surface area contributed by atoms with Gasteiger partial charge in [0.2, 0.25) is 0 Å². The van der Waals surface area contributed by atoms with Crippen LogP contribution in [0, 0.1) is 10.1 Å². The van der Waals surface area contributed by atoms with Gasteiger partial charge in [-0.3, -0.25) is 15.4 Å². The first kappa shape index (κ1) is 14.1. The average Bonchev–Trinajstić information content (AvgIpc) is 2.31. The number of rotatable bonds is 2. The van der Waals surface area contributed by atoms with Crippen molar-refractivity contribution in [1.82, 2.24) is 5.32 Å². The van der Waals surface area contributed by atoms with Crippen molar-refractivity contribution in [1.29, 1.82) is 0 Å². The highest BCUT2D eigenvalue weighted by Crippen LogP contribution is 2.26. The summed E-state index contributed by atoms with van der Waals surface area (Å²) in [5, 5.41) is 15.4. The van der Waals surface area contributed by atoms with Crippen molar-refractivity contribution < 1.29 is 14.5 Å². The fraction of sp³-hybridized carbons (Fsp3) is 0.111. The van der Waals surface area contributed by atoms with Gasteiger partial charge in [0.05, 0.1) is 22.7 Å². The van der Waals surface area contributed by atoms with Crippen LogP contribution in [0.25, 0.3) is 0 Å². The molecule has 0 fully saturated rings. The van der Waals surface area contributed by atoms with Crippen molar-refractivity contribution in [3.05, 3.63) is 33.3 Å². The lowest BCUT2D eigenvalue weighted by Crippen LogP contribution is -2.33. The molecule has 1 rings (SSSR count). The van der Waals surface area contributed by atoms with Crippen molar-refractivity contribution in [2.75, 3.05) is 12.4 Å². The van der Waals surface area contributed by atoms with E-state index in [1.807, 2.05) is 0 Å². The molecular formula is C9H8ClN3O4S. The molecule has 0 spiro atoms. The van der Waals surface area contributed by atoms with Crippen LogP contribution in [0.3, 0.4) is 0 Å². The van der Waals surface area contributed by atoms with Gasteiger partial charge in [0.25, 0.3) is 5.69 Å². The van der Waals surface area contributed by atoms with Crippen molar-refractivity contribution in [2.45, 2.75) is 0 Å². The SMILES string of the molecule is COC(=O)NC(=S)Nc1ccc([N+](=O)[O-])cc1Cl. The molecular weight excluding hydrogens is 282 g/mol. The molecule has 18 heavy (non-hydrogen) atoms. The number of thiocarbonyl (C=S) groups is 1. The van der Waals surface area contributed by atoms with Gasteiger partial charge < -0.3 is 10.1 Å². The molecule has 7 nitrogen and oxygen atoms in total. The van der Waals surface area contributed by atoms with Gasteiger partial charge in [-0.25, -0.2) is 4.79 Å². The van der Waals surface area contributed by atoms with E-state index in [0.29, 0.717) is 5.69 Å². The van der Waals surface area contributed by atoms with Crippen LogP contribution in [-0.4, -0.2) is 23.2 Å². The molecule has 0 unspecified atom stereocenters. The lowest BCUT2D eigenvalue weighted by molar-refractivity contribution is -0.384. The van der Waals surface area contributed by atoms with Gasteiger partial charge >= 0.3 is 6.09 Å². The van der Waals surface area contributed by atoms with E-state index in [2.05, 4.69) is 15.4 Å². The zero-order chi connectivity index (χ0) is 13.7. The summed E-state index contributed by atoms with van der Waals surface area (Å²) >= 11 is 10.6. The highest BCUT2D eigenvalue weighted by atomic mass is 35.5. The molecule has 9 heteroatoms. The van der Waals surface area contributed by atoms with E-state index in [4.69, 9.17) is 23.8 Å². The molecule has 0 aliphatic rings. The van der Waals surface area contributed by atoms with Gasteiger partial charge in [-0.05, 0) is 18.3 Å². The molecule has 0 heterocycles. The maximum absolute atomic E-state index is 10.9. The van der Waals surface area contributed by atoms with Crippen molar-refractivity contribution in [3.63, 3.8) is 0 Å². The number of hydrogen-bond acceptors (Lipinski definition) is 5. The summed E-state index contributed by atoms with van der Waals surface area (Å²) in [6.07, 6.45) is -0.731. The van der Waals surface area contributed by atoms with Gasteiger partial charge in [-0.2, -0.15) is 0 Å². The topological polar surface area (TPSA) is 93.5 Å². The highest BCUT2D eigenvalue weighted by molar-refractivity contribution is 7.80. The Kier molecular flexibility index (Phi) is 4.81. The zero-order valence-electron chi connectivity index (χ0n) is 9.10. The number of carbonyl (C=O) groups excluding carboxylic acids is 1. The summed E-state index contributed by atoms with van der Waals surface area (Å²) in [4.78, 5) is 20.8. The second-order valence-electron chi connectivity index (χ2n) is 2.99. The Morgan fingerprint density at radius 2 is 2.22 bits per heavy atom. The van der Waals surface area contributed by atoms with Crippen LogP contribution in [0.4, 0.5) is 16.2 Å². The van der Waals surface area contributed by atoms with Gasteiger partial charge in [0.15, 0.2) is 5.11 Å². The quantitative estimate of drug-likeness (QED) is 0.493. The predicted molar refractivity (Wildman–Crippen MR) is 69.9 cm³/mol. The second-order valence-corrected chi connectivity index (χ2v) is 3.81. The minimum Gasteiger partial charge on any atom is -0.453 e. The van der Waals surface area contributed by atoms with E-state index >= 15 is 0 Å². The Morgan fingerprint density at radius 3 is 2.72 bits per heavy atom. The van der Waals surface area contributed by atoms with Crippen LogP contribution < -0.4 is 10.6 Å². The standard InChI is InChI=1S/C9H8ClN3O4S/c1-17-9(14)12-8(18)11-7-3-2-5(13(15)16)4-6(7)10/h2-4H,1H3,(H2,11,12,14,18). The van der Waals surface area contributed by atoms with Gasteiger partial charge in [-0.15, -0.1) is 0 Å². The largest absolute Gasteiger partial charge is 0.453 e. The van der Waals surface area contributed by atoms with Crippen molar-refractivity contribution in [2.24, 2.45) is 0 Å². The first-order valence-corrected chi connectivity index (χ1v) is 5.32. The van der Waals surface area contributed by atoms with Gasteiger partial charge in [0.1, 0.15) is 0 Å². The number of halogens is 1. The summed E-state index contributed by atoms with van der Waals surface area (Å²) < 4.78 is 4.34. The van der Waals surface area contributed by atoms with E-state index < -0.39 is 11.0 Å². The number of alkyl carbamates (subject to hydrolysis) is 1. The summed E-state index contributed by atoms with van der Waals surface area (Å²) in [5.74, 6) is 0. The smallest absolute Gasteiger partial charge is 0.413 e. The Morgan fingerprint density at radius 1 is 1.56 bits per heavy atom. The lowest BCUT2D eigenvalue weighted by atomic mass is 10.3. The number of anilines is 1. The van der Waals surface area contributed by atoms with Crippen LogP contribution in [0.2, 0.25) is 5.02 Å². The minimum absolute atomic E-state index is 0.0300. The lowest BCUT2D eigenvalue weighted by Gasteiger charge is -2.09. The van der Waals surface area contributed by atoms with E-state index in [1.165, 1.54) is 25.3 Å². The highest BCUT2D eigenvalue weighted by Gasteiger charge is 2.11. The third-order valence-corrected chi connectivity index (χ3v) is 2.33. The number of benzene rings is 1. The van der Waals surface area contributed by atoms with Crippen LogP contribution >= 0.6 is 23.8 Å². The second kappa shape index (κ2) is 6.12. The van der Waals surface area contributed by atoms with Crippen LogP contribution in [-0.2, 0) is 4.74 Å². The summed E-state index contributed by atoms with van der Waals surface area (Å²) in [6, 6.07) is 3.81. The number of nitro groups is 1. The first-order chi connectivity index (χ1) is 8.43. The van der Waals surface area contributed by atoms with Crippen molar-refractivity contribution >= 4 is 46.4 Å². The summed E-state index contributed by atoms with van der Waals surface area (Å²) in [7, 11) is 1.19. The van der Waals surface area contributed by atoms with Crippen molar-refractivity contribution in [3.8, 4) is 0 Å². The number of nitro benzene ring substituents is 1. The fourth-order valence-corrected chi connectivity index (χ4v) is 1.43. The molecule has 1 aromatic rings. The van der Waals surface area contributed by atoms with Gasteiger partial charge in [0, 0.05) is 12.1 Å². The first-order valence-electron chi connectivity index (χ1n) is 4.54. The Hall–Kier alpha value is -1.93. The molecule has 1 aromatic carbocycles. The molecule has 0 saturated carbocycles. The average molecular weight is 290 g/mol. The predicted octanol–water partition coefficient (Wildman–Crippen LogP) is 2.30. The Bertz CT molecular complexity index is 509. The molecule has 0 atom stereocenters. The minimum atomic E-state index is -0.731. The molecule has 0 aliphatic carbocycles. The summed E-state index contributed by atoms with van der Waals surface area (Å²) in [6.45, 7) is 0. The molecule has 96 valence electrons. The number of ether oxygens (including phenoxy) is 1. The van der Waals surface area contributed by atoms with E-state index in [9.17, 15) is 14.9 Å². The van der Waals surface area contributed by atoms with Gasteiger partial charge in [-0.1, -0.05) is 11.6 Å². The maximum atomic E-state index is 10.9. The molecule has 0 radical (unpaired) electrons. The van der Waals surface area contributed by atoms with Crippen LogP contribution in [0.1, 0.15) is 0 Å². The molecule has 2 N–H and O–H groups in total. The monoisotopic (exact) mass is 289 g/mol. The maximum Gasteiger partial charge on any atom is 0.413 e. The van der Waals surface area contributed by atoms with E-state index in [1.54, 1.807) is 0 Å². The Labute approximate surface area is 112 Å². The number of non-ortho nitro benzene ring substituents is 1. The number of nitrogens with one attached hydrogen (secondary N) is 2. The number of hydrogen-bond donors (Lipinski definition) is 2. The molecule has 1 amide bonds. The van der Waals surface area contributed by atoms with Crippen LogP contribution in [0.15, 0.2) is 18.2 Å². The zero-order valence-corrected chi connectivity index (χ0v) is 10.7.